The van der Waals surface area contributed by atoms with Crippen molar-refractivity contribution < 1.29 is 9.59 Å². The summed E-state index contributed by atoms with van der Waals surface area (Å²) in [5.74, 6) is -0.00242. The number of aromatic nitrogens is 2. The van der Waals surface area contributed by atoms with Crippen LogP contribution in [0.4, 0.5) is 11.5 Å². The Balaban J connectivity index is 1.79. The molecule has 1 atom stereocenters. The van der Waals surface area contributed by atoms with Gasteiger partial charge in [0, 0.05) is 28.3 Å². The Hall–Kier alpha value is -3.12. The predicted molar refractivity (Wildman–Crippen MR) is 107 cm³/mol. The molecule has 1 spiro atoms. The van der Waals surface area contributed by atoms with Crippen LogP contribution in [0.15, 0.2) is 42.6 Å². The summed E-state index contributed by atoms with van der Waals surface area (Å²) >= 11 is 6.49. The molecule has 0 saturated carbocycles. The molecule has 0 radical (unpaired) electrons. The molecular weight excluding hydrogens is 376 g/mol. The number of amides is 2. The van der Waals surface area contributed by atoms with E-state index in [1.165, 1.54) is 0 Å². The topological polar surface area (TPSA) is 76.0 Å². The molecule has 140 valence electrons. The summed E-state index contributed by atoms with van der Waals surface area (Å²) in [4.78, 5) is 25.8. The van der Waals surface area contributed by atoms with Crippen LogP contribution in [-0.2, 0) is 15.0 Å². The summed E-state index contributed by atoms with van der Waals surface area (Å²) in [6.45, 7) is 4.01. The van der Waals surface area contributed by atoms with E-state index in [9.17, 15) is 9.59 Å². The maximum absolute atomic E-state index is 13.1. The number of rotatable bonds is 1. The zero-order valence-electron chi connectivity index (χ0n) is 15.3. The van der Waals surface area contributed by atoms with Crippen molar-refractivity contribution in [3.8, 4) is 5.69 Å². The molecule has 6 nitrogen and oxygen atoms in total. The molecule has 0 aliphatic carbocycles. The molecule has 2 aliphatic heterocycles. The molecule has 2 aliphatic rings. The Morgan fingerprint density at radius 2 is 1.86 bits per heavy atom. The highest BCUT2D eigenvalue weighted by molar-refractivity contribution is 6.33. The average molecular weight is 393 g/mol. The number of nitrogens with one attached hydrogen (secondary N) is 2. The number of carbonyl (C=O) groups excluding carboxylic acids is 2. The van der Waals surface area contributed by atoms with Crippen molar-refractivity contribution in [3.63, 3.8) is 0 Å². The highest BCUT2D eigenvalue weighted by Gasteiger charge is 2.55. The first-order valence-corrected chi connectivity index (χ1v) is 9.35. The van der Waals surface area contributed by atoms with E-state index in [2.05, 4.69) is 21.8 Å². The standard InChI is InChI=1S/C21H17ClN4O2/c1-11-6-12(2)8-13(7-11)26-19-14(10-23-26)21(9-17(27)25-19)18-15(22)4-3-5-16(18)24-20(21)28/h3-8,10H,9H2,1-2H3,(H,24,28)(H,25,27)/t21-/m1/s1. The molecule has 2 amide bonds. The zero-order chi connectivity index (χ0) is 19.6. The number of nitrogens with zero attached hydrogens (tertiary/aromatic N) is 2. The molecule has 0 fully saturated rings. The number of aryl methyl sites for hydroxylation is 2. The first-order chi connectivity index (χ1) is 13.4. The van der Waals surface area contributed by atoms with E-state index in [0.29, 0.717) is 27.7 Å². The molecule has 1 aromatic heterocycles. The number of benzene rings is 2. The molecule has 3 heterocycles. The van der Waals surface area contributed by atoms with Crippen LogP contribution >= 0.6 is 11.6 Å². The molecule has 3 aromatic rings. The van der Waals surface area contributed by atoms with Crippen molar-refractivity contribution in [2.75, 3.05) is 10.6 Å². The normalized spacial score (nSPS) is 20.0. The lowest BCUT2D eigenvalue weighted by molar-refractivity contribution is -0.125. The van der Waals surface area contributed by atoms with Crippen LogP contribution in [0.2, 0.25) is 5.02 Å². The minimum atomic E-state index is -1.18. The van der Waals surface area contributed by atoms with Gasteiger partial charge in [0.2, 0.25) is 11.8 Å². The third-order valence-corrected chi connectivity index (χ3v) is 5.75. The predicted octanol–water partition coefficient (Wildman–Crippen LogP) is 3.72. The zero-order valence-corrected chi connectivity index (χ0v) is 16.1. The average Bonchev–Trinajstić information content (AvgIpc) is 3.15. The van der Waals surface area contributed by atoms with Crippen LogP contribution in [0.25, 0.3) is 5.69 Å². The fourth-order valence-electron chi connectivity index (χ4n) is 4.39. The Morgan fingerprint density at radius 1 is 1.11 bits per heavy atom. The van der Waals surface area contributed by atoms with Crippen LogP contribution in [0.1, 0.15) is 28.7 Å². The Morgan fingerprint density at radius 3 is 2.61 bits per heavy atom. The molecular formula is C21H17ClN4O2. The summed E-state index contributed by atoms with van der Waals surface area (Å²) in [7, 11) is 0. The van der Waals surface area contributed by atoms with Crippen LogP contribution in [0, 0.1) is 13.8 Å². The van der Waals surface area contributed by atoms with E-state index in [0.717, 1.165) is 16.8 Å². The van der Waals surface area contributed by atoms with Crippen molar-refractivity contribution >= 4 is 34.9 Å². The number of hydrogen-bond donors (Lipinski definition) is 2. The lowest BCUT2D eigenvalue weighted by atomic mass is 9.72. The lowest BCUT2D eigenvalue weighted by Gasteiger charge is -2.32. The quantitative estimate of drug-likeness (QED) is 0.662. The smallest absolute Gasteiger partial charge is 0.240 e. The molecule has 0 bridgehead atoms. The maximum Gasteiger partial charge on any atom is 0.240 e. The third kappa shape index (κ3) is 2.18. The van der Waals surface area contributed by atoms with E-state index >= 15 is 0 Å². The fraction of sp³-hybridized carbons (Fsp3) is 0.190. The highest BCUT2D eigenvalue weighted by Crippen LogP contribution is 2.52. The van der Waals surface area contributed by atoms with E-state index in [-0.39, 0.29) is 18.2 Å². The van der Waals surface area contributed by atoms with Gasteiger partial charge >= 0.3 is 0 Å². The van der Waals surface area contributed by atoms with Gasteiger partial charge in [-0.2, -0.15) is 5.10 Å². The summed E-state index contributed by atoms with van der Waals surface area (Å²) in [6.07, 6.45) is 1.64. The van der Waals surface area contributed by atoms with E-state index in [1.54, 1.807) is 29.1 Å². The number of anilines is 2. The largest absolute Gasteiger partial charge is 0.325 e. The van der Waals surface area contributed by atoms with Gasteiger partial charge in [0.05, 0.1) is 11.9 Å². The second-order valence-corrected chi connectivity index (χ2v) is 7.82. The molecule has 0 saturated heterocycles. The monoisotopic (exact) mass is 392 g/mol. The number of hydrogen-bond acceptors (Lipinski definition) is 3. The Bertz CT molecular complexity index is 1160. The van der Waals surface area contributed by atoms with Crippen molar-refractivity contribution in [1.29, 1.82) is 0 Å². The van der Waals surface area contributed by atoms with Gasteiger partial charge in [-0.3, -0.25) is 9.59 Å². The minimum Gasteiger partial charge on any atom is -0.325 e. The van der Waals surface area contributed by atoms with Gasteiger partial charge in [0.15, 0.2) is 0 Å². The Kier molecular flexibility index (Phi) is 3.46. The number of fused-ring (bicyclic) bond motifs is 4. The van der Waals surface area contributed by atoms with Crippen LogP contribution < -0.4 is 10.6 Å². The van der Waals surface area contributed by atoms with Gasteiger partial charge < -0.3 is 10.6 Å². The van der Waals surface area contributed by atoms with E-state index in [4.69, 9.17) is 11.6 Å². The molecule has 2 aromatic carbocycles. The summed E-state index contributed by atoms with van der Waals surface area (Å²) in [6, 6.07) is 11.4. The minimum absolute atomic E-state index is 0.0128. The summed E-state index contributed by atoms with van der Waals surface area (Å²) < 4.78 is 1.68. The highest BCUT2D eigenvalue weighted by atomic mass is 35.5. The van der Waals surface area contributed by atoms with Gasteiger partial charge in [-0.25, -0.2) is 4.68 Å². The van der Waals surface area contributed by atoms with Crippen molar-refractivity contribution in [2.24, 2.45) is 0 Å². The number of carbonyl (C=O) groups is 2. The first-order valence-electron chi connectivity index (χ1n) is 8.97. The van der Waals surface area contributed by atoms with Gasteiger partial charge in [-0.05, 0) is 49.2 Å². The summed E-state index contributed by atoms with van der Waals surface area (Å²) in [5, 5.41) is 10.8. The molecule has 28 heavy (non-hydrogen) atoms. The lowest BCUT2D eigenvalue weighted by Crippen LogP contribution is -2.43. The van der Waals surface area contributed by atoms with Gasteiger partial charge in [0.1, 0.15) is 11.2 Å². The van der Waals surface area contributed by atoms with Gasteiger partial charge in [0.25, 0.3) is 0 Å². The second-order valence-electron chi connectivity index (χ2n) is 7.41. The summed E-state index contributed by atoms with van der Waals surface area (Å²) in [5.41, 5.74) is 3.74. The van der Waals surface area contributed by atoms with Crippen molar-refractivity contribution in [2.45, 2.75) is 25.7 Å². The van der Waals surface area contributed by atoms with E-state index < -0.39 is 5.41 Å². The maximum atomic E-state index is 13.1. The van der Waals surface area contributed by atoms with E-state index in [1.807, 2.05) is 26.0 Å². The third-order valence-electron chi connectivity index (χ3n) is 5.44. The molecule has 2 N–H and O–H groups in total. The number of halogens is 1. The Labute approximate surface area is 166 Å². The molecule has 5 rings (SSSR count). The first kappa shape index (κ1) is 17.0. The van der Waals surface area contributed by atoms with Crippen LogP contribution in [-0.4, -0.2) is 21.6 Å². The fourth-order valence-corrected chi connectivity index (χ4v) is 4.73. The second kappa shape index (κ2) is 5.69. The van der Waals surface area contributed by atoms with Crippen LogP contribution in [0.3, 0.4) is 0 Å². The van der Waals surface area contributed by atoms with Crippen molar-refractivity contribution in [1.82, 2.24) is 9.78 Å². The molecule has 0 unspecified atom stereocenters. The van der Waals surface area contributed by atoms with Gasteiger partial charge in [-0.1, -0.05) is 23.7 Å². The van der Waals surface area contributed by atoms with Crippen molar-refractivity contribution in [3.05, 3.63) is 69.9 Å². The van der Waals surface area contributed by atoms with Crippen LogP contribution in [0.5, 0.6) is 0 Å². The van der Waals surface area contributed by atoms with Gasteiger partial charge in [-0.15, -0.1) is 0 Å². The SMILES string of the molecule is Cc1cc(C)cc(-n2ncc3c2NC(=O)C[C@@]32C(=O)Nc3cccc(Cl)c32)c1. The molecule has 7 heteroatoms.